The number of likely N-dealkylation sites (N-methyl/N-ethyl adjacent to an activating group) is 1. The van der Waals surface area contributed by atoms with Gasteiger partial charge in [0.25, 0.3) is 0 Å². The summed E-state index contributed by atoms with van der Waals surface area (Å²) in [5.41, 5.74) is 1.11. The largest absolute Gasteiger partial charge is 0.331 e. The van der Waals surface area contributed by atoms with Crippen LogP contribution in [-0.2, 0) is 13.6 Å². The number of aryl methyl sites for hydroxylation is 1. The summed E-state index contributed by atoms with van der Waals surface area (Å²) in [6.07, 6.45) is 4.83. The number of rotatable bonds is 5. The lowest BCUT2D eigenvalue weighted by molar-refractivity contribution is 0.102. The minimum Gasteiger partial charge on any atom is -0.331 e. The molecule has 6 nitrogen and oxygen atoms in total. The van der Waals surface area contributed by atoms with Crippen LogP contribution in [0.15, 0.2) is 23.2 Å². The first kappa shape index (κ1) is 14.0. The zero-order valence-corrected chi connectivity index (χ0v) is 12.8. The number of halogens is 1. The van der Waals surface area contributed by atoms with Gasteiger partial charge in [0.15, 0.2) is 0 Å². The van der Waals surface area contributed by atoms with Crippen molar-refractivity contribution >= 4 is 21.7 Å². The fourth-order valence-corrected chi connectivity index (χ4v) is 2.23. The van der Waals surface area contributed by atoms with Crippen LogP contribution in [0.1, 0.15) is 16.2 Å². The number of carbonyl (C=O) groups is 1. The zero-order chi connectivity index (χ0) is 14.0. The second-order valence-corrected chi connectivity index (χ2v) is 5.44. The van der Waals surface area contributed by atoms with Crippen molar-refractivity contribution in [2.24, 2.45) is 7.05 Å². The van der Waals surface area contributed by atoms with Gasteiger partial charge in [-0.2, -0.15) is 5.10 Å². The molecule has 19 heavy (non-hydrogen) atoms. The lowest BCUT2D eigenvalue weighted by atomic mass is 10.2. The standard InChI is InChI=1S/C12H16BrN5O/c1-16(2)4-5-18-11(9(13)6-15-18)12(19)10-7-14-8-17(10)3/h6-8H,4-5H2,1-3H3. The summed E-state index contributed by atoms with van der Waals surface area (Å²) >= 11 is 3.39. The fourth-order valence-electron chi connectivity index (χ4n) is 1.75. The number of carbonyl (C=O) groups excluding carboxylic acids is 1. The zero-order valence-electron chi connectivity index (χ0n) is 11.2. The molecule has 0 amide bonds. The molecular weight excluding hydrogens is 310 g/mol. The molecule has 0 N–H and O–H groups in total. The Hall–Kier alpha value is -1.47. The van der Waals surface area contributed by atoms with Gasteiger partial charge in [0.05, 0.1) is 29.7 Å². The van der Waals surface area contributed by atoms with E-state index >= 15 is 0 Å². The van der Waals surface area contributed by atoms with E-state index < -0.39 is 0 Å². The maximum atomic E-state index is 12.5. The Labute approximate surface area is 120 Å². The van der Waals surface area contributed by atoms with Gasteiger partial charge in [-0.15, -0.1) is 0 Å². The normalized spacial score (nSPS) is 11.2. The third kappa shape index (κ3) is 2.93. The van der Waals surface area contributed by atoms with Gasteiger partial charge in [-0.25, -0.2) is 4.98 Å². The maximum Gasteiger partial charge on any atom is 0.230 e. The van der Waals surface area contributed by atoms with Crippen LogP contribution in [0.3, 0.4) is 0 Å². The highest BCUT2D eigenvalue weighted by Crippen LogP contribution is 2.19. The molecule has 0 unspecified atom stereocenters. The van der Waals surface area contributed by atoms with Crippen molar-refractivity contribution in [3.8, 4) is 0 Å². The molecule has 0 aliphatic rings. The van der Waals surface area contributed by atoms with Crippen LogP contribution in [0.4, 0.5) is 0 Å². The van der Waals surface area contributed by atoms with Crippen LogP contribution in [0.2, 0.25) is 0 Å². The van der Waals surface area contributed by atoms with Gasteiger partial charge >= 0.3 is 0 Å². The number of nitrogens with zero attached hydrogens (tertiary/aromatic N) is 5. The smallest absolute Gasteiger partial charge is 0.230 e. The van der Waals surface area contributed by atoms with Crippen LogP contribution >= 0.6 is 15.9 Å². The lowest BCUT2D eigenvalue weighted by Crippen LogP contribution is -2.22. The number of hydrogen-bond acceptors (Lipinski definition) is 4. The third-order valence-electron chi connectivity index (χ3n) is 2.82. The molecular formula is C12H16BrN5O. The Kier molecular flexibility index (Phi) is 4.16. The maximum absolute atomic E-state index is 12.5. The fraction of sp³-hybridized carbons (Fsp3) is 0.417. The van der Waals surface area contributed by atoms with Gasteiger partial charge < -0.3 is 9.47 Å². The Morgan fingerprint density at radius 2 is 2.16 bits per heavy atom. The van der Waals surface area contributed by atoms with Crippen molar-refractivity contribution in [3.05, 3.63) is 34.6 Å². The summed E-state index contributed by atoms with van der Waals surface area (Å²) in [6.45, 7) is 1.48. The molecule has 2 rings (SSSR count). The Morgan fingerprint density at radius 3 is 2.74 bits per heavy atom. The minimum absolute atomic E-state index is 0.0804. The molecule has 0 spiro atoms. The molecule has 0 bridgehead atoms. The summed E-state index contributed by atoms with van der Waals surface area (Å²) in [4.78, 5) is 18.5. The molecule has 0 atom stereocenters. The van der Waals surface area contributed by atoms with Crippen LogP contribution in [0.5, 0.6) is 0 Å². The predicted octanol–water partition coefficient (Wildman–Crippen LogP) is 1.17. The van der Waals surface area contributed by atoms with Gasteiger partial charge in [0.2, 0.25) is 5.78 Å². The van der Waals surface area contributed by atoms with Crippen molar-refractivity contribution < 1.29 is 4.79 Å². The first-order valence-electron chi connectivity index (χ1n) is 5.87. The van der Waals surface area contributed by atoms with E-state index in [9.17, 15) is 4.79 Å². The molecule has 2 aromatic heterocycles. The van der Waals surface area contributed by atoms with Crippen molar-refractivity contribution in [1.29, 1.82) is 0 Å². The number of imidazole rings is 1. The van der Waals surface area contributed by atoms with Crippen molar-refractivity contribution in [1.82, 2.24) is 24.2 Å². The SMILES string of the molecule is CN(C)CCn1ncc(Br)c1C(=O)c1cncn1C. The van der Waals surface area contributed by atoms with Crippen molar-refractivity contribution in [3.63, 3.8) is 0 Å². The van der Waals surface area contributed by atoms with E-state index in [1.807, 2.05) is 19.0 Å². The van der Waals surface area contributed by atoms with Gasteiger partial charge in [0.1, 0.15) is 11.4 Å². The Bertz CT molecular complexity index is 587. The second-order valence-electron chi connectivity index (χ2n) is 4.59. The van der Waals surface area contributed by atoms with Crippen molar-refractivity contribution in [2.75, 3.05) is 20.6 Å². The van der Waals surface area contributed by atoms with Gasteiger partial charge in [-0.1, -0.05) is 0 Å². The van der Waals surface area contributed by atoms with Crippen LogP contribution < -0.4 is 0 Å². The van der Waals surface area contributed by atoms with E-state index in [2.05, 4.69) is 26.0 Å². The molecule has 0 saturated heterocycles. The first-order valence-corrected chi connectivity index (χ1v) is 6.67. The average molecular weight is 326 g/mol. The van der Waals surface area contributed by atoms with Gasteiger partial charge in [-0.3, -0.25) is 9.48 Å². The highest BCUT2D eigenvalue weighted by molar-refractivity contribution is 9.10. The van der Waals surface area contributed by atoms with E-state index in [4.69, 9.17) is 0 Å². The quantitative estimate of drug-likeness (QED) is 0.774. The van der Waals surface area contributed by atoms with E-state index in [1.54, 1.807) is 35.0 Å². The highest BCUT2D eigenvalue weighted by Gasteiger charge is 2.21. The lowest BCUT2D eigenvalue weighted by Gasteiger charge is -2.11. The Morgan fingerprint density at radius 1 is 1.42 bits per heavy atom. The molecule has 0 aliphatic carbocycles. The van der Waals surface area contributed by atoms with Crippen LogP contribution in [0, 0.1) is 0 Å². The van der Waals surface area contributed by atoms with Gasteiger partial charge in [0, 0.05) is 13.6 Å². The molecule has 0 radical (unpaired) electrons. The molecule has 0 fully saturated rings. The molecule has 2 aromatic rings. The number of aromatic nitrogens is 4. The third-order valence-corrected chi connectivity index (χ3v) is 3.40. The molecule has 0 saturated carbocycles. The Balaban J connectivity index is 2.31. The topological polar surface area (TPSA) is 56.0 Å². The molecule has 102 valence electrons. The highest BCUT2D eigenvalue weighted by atomic mass is 79.9. The second kappa shape index (κ2) is 5.66. The molecule has 0 aliphatic heterocycles. The summed E-state index contributed by atoms with van der Waals surface area (Å²) in [5.74, 6) is -0.0804. The van der Waals surface area contributed by atoms with Crippen LogP contribution in [0.25, 0.3) is 0 Å². The number of hydrogen-bond donors (Lipinski definition) is 0. The molecule has 7 heteroatoms. The van der Waals surface area contributed by atoms with Crippen molar-refractivity contribution in [2.45, 2.75) is 6.54 Å². The van der Waals surface area contributed by atoms with E-state index in [-0.39, 0.29) is 5.78 Å². The summed E-state index contributed by atoms with van der Waals surface area (Å²) in [7, 11) is 5.77. The van der Waals surface area contributed by atoms with Gasteiger partial charge in [-0.05, 0) is 30.0 Å². The predicted molar refractivity (Wildman–Crippen MR) is 75.1 cm³/mol. The minimum atomic E-state index is -0.0804. The first-order chi connectivity index (χ1) is 9.00. The number of ketones is 1. The van der Waals surface area contributed by atoms with E-state index in [1.165, 1.54) is 0 Å². The molecule has 0 aromatic carbocycles. The van der Waals surface area contributed by atoms with Crippen LogP contribution in [-0.4, -0.2) is 50.7 Å². The molecule has 2 heterocycles. The summed E-state index contributed by atoms with van der Waals surface area (Å²) in [5, 5.41) is 4.24. The average Bonchev–Trinajstić information content (AvgIpc) is 2.92. The monoisotopic (exact) mass is 325 g/mol. The summed E-state index contributed by atoms with van der Waals surface area (Å²) in [6, 6.07) is 0. The van der Waals surface area contributed by atoms with E-state index in [0.29, 0.717) is 22.4 Å². The summed E-state index contributed by atoms with van der Waals surface area (Å²) < 4.78 is 4.13. The van der Waals surface area contributed by atoms with E-state index in [0.717, 1.165) is 6.54 Å².